The van der Waals surface area contributed by atoms with E-state index in [1.165, 1.54) is 0 Å². The van der Waals surface area contributed by atoms with Crippen LogP contribution in [0.4, 0.5) is 5.69 Å². The number of hydrogen-bond acceptors (Lipinski definition) is 6. The lowest BCUT2D eigenvalue weighted by molar-refractivity contribution is 0.0193. The molecular formula is C24H29N3O4. The number of aromatic amines is 1. The number of benzene rings is 2. The second-order valence-electron chi connectivity index (χ2n) is 7.85. The highest BCUT2D eigenvalue weighted by Gasteiger charge is 2.17. The summed E-state index contributed by atoms with van der Waals surface area (Å²) in [5.74, 6) is 0.398. The van der Waals surface area contributed by atoms with Crippen molar-refractivity contribution < 1.29 is 19.0 Å². The monoisotopic (exact) mass is 423 g/mol. The Labute approximate surface area is 182 Å². The Morgan fingerprint density at radius 2 is 1.90 bits per heavy atom. The van der Waals surface area contributed by atoms with Crippen LogP contribution in [0.2, 0.25) is 0 Å². The van der Waals surface area contributed by atoms with E-state index in [0.717, 1.165) is 60.8 Å². The molecule has 1 aromatic heterocycles. The molecule has 3 aromatic rings. The normalized spacial score (nSPS) is 14.5. The van der Waals surface area contributed by atoms with Gasteiger partial charge in [0.2, 0.25) is 0 Å². The summed E-state index contributed by atoms with van der Waals surface area (Å²) in [7, 11) is 3.95. The van der Waals surface area contributed by atoms with E-state index >= 15 is 0 Å². The molecule has 164 valence electrons. The van der Waals surface area contributed by atoms with Crippen molar-refractivity contribution in [2.75, 3.05) is 58.5 Å². The smallest absolute Gasteiger partial charge is 0.354 e. The van der Waals surface area contributed by atoms with Crippen LogP contribution in [0.5, 0.6) is 5.75 Å². The van der Waals surface area contributed by atoms with Crippen LogP contribution < -0.4 is 9.64 Å². The molecule has 0 aliphatic carbocycles. The van der Waals surface area contributed by atoms with E-state index in [1.807, 2.05) is 67.5 Å². The molecular weight excluding hydrogens is 394 g/mol. The predicted molar refractivity (Wildman–Crippen MR) is 121 cm³/mol. The van der Waals surface area contributed by atoms with Crippen molar-refractivity contribution in [3.63, 3.8) is 0 Å². The zero-order valence-electron chi connectivity index (χ0n) is 18.1. The fourth-order valence-electron chi connectivity index (χ4n) is 3.67. The fraction of sp³-hybridized carbons (Fsp3) is 0.375. The maximum absolute atomic E-state index is 12.6. The van der Waals surface area contributed by atoms with Gasteiger partial charge >= 0.3 is 5.97 Å². The molecule has 0 unspecified atom stereocenters. The van der Waals surface area contributed by atoms with E-state index in [4.69, 9.17) is 14.2 Å². The zero-order chi connectivity index (χ0) is 21.6. The number of hydrogen-bond donors (Lipinski definition) is 1. The molecule has 0 spiro atoms. The number of H-pyrrole nitrogens is 1. The molecule has 1 fully saturated rings. The molecule has 7 heteroatoms. The van der Waals surface area contributed by atoms with Crippen LogP contribution in [0.25, 0.3) is 10.9 Å². The number of esters is 1. The molecule has 1 aliphatic heterocycles. The summed E-state index contributed by atoms with van der Waals surface area (Å²) < 4.78 is 16.9. The standard InChI is InChI=1S/C24H29N3O4/c1-26(2)23-15-19(31-17-18-6-4-3-5-7-18)14-21-20(23)16-22(25-21)24(28)30-13-10-27-8-11-29-12-9-27/h3-7,14-16,25H,8-13,17H2,1-2H3. The van der Waals surface area contributed by atoms with Crippen molar-refractivity contribution >= 4 is 22.6 Å². The van der Waals surface area contributed by atoms with Crippen LogP contribution in [-0.4, -0.2) is 69.4 Å². The maximum Gasteiger partial charge on any atom is 0.354 e. The number of nitrogens with one attached hydrogen (secondary N) is 1. The van der Waals surface area contributed by atoms with Crippen molar-refractivity contribution in [3.05, 3.63) is 59.8 Å². The number of nitrogens with zero attached hydrogens (tertiary/aromatic N) is 2. The van der Waals surface area contributed by atoms with Crippen molar-refractivity contribution in [2.24, 2.45) is 0 Å². The zero-order valence-corrected chi connectivity index (χ0v) is 18.1. The highest BCUT2D eigenvalue weighted by molar-refractivity contribution is 6.00. The minimum atomic E-state index is -0.346. The lowest BCUT2D eigenvalue weighted by atomic mass is 10.2. The molecule has 0 bridgehead atoms. The van der Waals surface area contributed by atoms with Crippen LogP contribution in [0, 0.1) is 0 Å². The highest BCUT2D eigenvalue weighted by atomic mass is 16.5. The lowest BCUT2D eigenvalue weighted by Crippen LogP contribution is -2.38. The largest absolute Gasteiger partial charge is 0.489 e. The van der Waals surface area contributed by atoms with Gasteiger partial charge < -0.3 is 24.1 Å². The number of anilines is 1. The average Bonchev–Trinajstić information content (AvgIpc) is 3.22. The number of carbonyl (C=O) groups is 1. The van der Waals surface area contributed by atoms with Gasteiger partial charge in [-0.05, 0) is 11.6 Å². The molecule has 0 atom stereocenters. The van der Waals surface area contributed by atoms with Crippen molar-refractivity contribution in [2.45, 2.75) is 6.61 Å². The Hall–Kier alpha value is -3.03. The number of morpholine rings is 1. The minimum Gasteiger partial charge on any atom is -0.489 e. The summed E-state index contributed by atoms with van der Waals surface area (Å²) >= 11 is 0. The molecule has 1 N–H and O–H groups in total. The van der Waals surface area contributed by atoms with Gasteiger partial charge in [0.15, 0.2) is 0 Å². The molecule has 2 heterocycles. The summed E-state index contributed by atoms with van der Waals surface area (Å²) in [6, 6.07) is 15.8. The van der Waals surface area contributed by atoms with Gasteiger partial charge in [0.05, 0.1) is 18.7 Å². The molecule has 1 saturated heterocycles. The Morgan fingerprint density at radius 3 is 2.65 bits per heavy atom. The third-order valence-corrected chi connectivity index (χ3v) is 5.38. The highest BCUT2D eigenvalue weighted by Crippen LogP contribution is 2.32. The summed E-state index contributed by atoms with van der Waals surface area (Å²) in [5.41, 5.74) is 3.36. The van der Waals surface area contributed by atoms with Crippen LogP contribution in [-0.2, 0) is 16.1 Å². The molecule has 4 rings (SSSR count). The maximum atomic E-state index is 12.6. The fourth-order valence-corrected chi connectivity index (χ4v) is 3.67. The lowest BCUT2D eigenvalue weighted by Gasteiger charge is -2.26. The van der Waals surface area contributed by atoms with Crippen molar-refractivity contribution in [1.29, 1.82) is 0 Å². The van der Waals surface area contributed by atoms with Gasteiger partial charge in [-0.2, -0.15) is 0 Å². The third-order valence-electron chi connectivity index (χ3n) is 5.38. The van der Waals surface area contributed by atoms with Gasteiger partial charge in [0.25, 0.3) is 0 Å². The number of aromatic nitrogens is 1. The van der Waals surface area contributed by atoms with Gasteiger partial charge in [-0.25, -0.2) is 4.79 Å². The first kappa shape index (κ1) is 21.2. The van der Waals surface area contributed by atoms with E-state index in [-0.39, 0.29) is 5.97 Å². The molecule has 0 saturated carbocycles. The van der Waals surface area contributed by atoms with Crippen LogP contribution in [0.3, 0.4) is 0 Å². The first-order valence-electron chi connectivity index (χ1n) is 10.6. The molecule has 1 aliphatic rings. The van der Waals surface area contributed by atoms with E-state index in [1.54, 1.807) is 0 Å². The van der Waals surface area contributed by atoms with Crippen LogP contribution >= 0.6 is 0 Å². The molecule has 31 heavy (non-hydrogen) atoms. The van der Waals surface area contributed by atoms with E-state index in [2.05, 4.69) is 9.88 Å². The topological polar surface area (TPSA) is 67.0 Å². The van der Waals surface area contributed by atoms with E-state index < -0.39 is 0 Å². The quantitative estimate of drug-likeness (QED) is 0.561. The van der Waals surface area contributed by atoms with Gasteiger partial charge in [-0.3, -0.25) is 4.90 Å². The molecule has 0 radical (unpaired) electrons. The Morgan fingerprint density at radius 1 is 1.13 bits per heavy atom. The van der Waals surface area contributed by atoms with Gasteiger partial charge in [0, 0.05) is 56.9 Å². The molecule has 2 aromatic carbocycles. The molecule has 7 nitrogen and oxygen atoms in total. The van der Waals surface area contributed by atoms with Crippen molar-refractivity contribution in [1.82, 2.24) is 9.88 Å². The van der Waals surface area contributed by atoms with Gasteiger partial charge in [-0.15, -0.1) is 0 Å². The summed E-state index contributed by atoms with van der Waals surface area (Å²) in [4.78, 5) is 20.0. The Balaban J connectivity index is 1.46. The summed E-state index contributed by atoms with van der Waals surface area (Å²) in [6.07, 6.45) is 0. The Kier molecular flexibility index (Phi) is 6.74. The first-order valence-corrected chi connectivity index (χ1v) is 10.6. The van der Waals surface area contributed by atoms with Gasteiger partial charge in [0.1, 0.15) is 24.7 Å². The predicted octanol–water partition coefficient (Wildman–Crippen LogP) is 3.30. The second-order valence-corrected chi connectivity index (χ2v) is 7.85. The number of carbonyl (C=O) groups excluding carboxylic acids is 1. The third kappa shape index (κ3) is 5.37. The number of fused-ring (bicyclic) bond motifs is 1. The van der Waals surface area contributed by atoms with Crippen molar-refractivity contribution in [3.8, 4) is 5.75 Å². The van der Waals surface area contributed by atoms with E-state index in [0.29, 0.717) is 18.9 Å². The van der Waals surface area contributed by atoms with E-state index in [9.17, 15) is 4.79 Å². The second kappa shape index (κ2) is 9.85. The number of ether oxygens (including phenoxy) is 3. The average molecular weight is 424 g/mol. The van der Waals surface area contributed by atoms with Crippen LogP contribution in [0.1, 0.15) is 16.1 Å². The molecule has 0 amide bonds. The summed E-state index contributed by atoms with van der Waals surface area (Å²) in [6.45, 7) is 4.78. The van der Waals surface area contributed by atoms with Gasteiger partial charge in [-0.1, -0.05) is 30.3 Å². The first-order chi connectivity index (χ1) is 15.1. The number of rotatable bonds is 8. The summed E-state index contributed by atoms with van der Waals surface area (Å²) in [5, 5.41) is 0.956. The Bertz CT molecular complexity index is 1010. The minimum absolute atomic E-state index is 0.346. The van der Waals surface area contributed by atoms with Crippen LogP contribution in [0.15, 0.2) is 48.5 Å². The SMILES string of the molecule is CN(C)c1cc(OCc2ccccc2)cc2[nH]c(C(=O)OCCN3CCOCC3)cc12.